The number of carbonyl (C=O) groups excluding carboxylic acids is 3. The molecule has 3 amide bonds. The van der Waals surface area contributed by atoms with Gasteiger partial charge in [-0.25, -0.2) is 0 Å². The molecular formula is C30H44N4O5. The second-order valence-electron chi connectivity index (χ2n) is 11.9. The molecule has 2 N–H and O–H groups in total. The summed E-state index contributed by atoms with van der Waals surface area (Å²) in [5, 5.41) is 14.1. The fourth-order valence-electron chi connectivity index (χ4n) is 7.04. The van der Waals surface area contributed by atoms with E-state index in [1.807, 2.05) is 29.2 Å². The number of fused-ring (bicyclic) bond motifs is 1. The standard InChI is InChI=1S/C30H44N4O5/c1-3-4-16-34-28(37)26(27(36)22-10-6-5-7-11-22)31-29(38)30(34)14-17-32(18-15-30)19-23-20-33(21(2)35)24-12-8-9-13-25(24)39-23/h8-9,12-13,22-23,26-27,36H,3-7,10-11,14-20H2,1-2H3,(H,31,38)/t23?,26-,27-/m1/s1. The van der Waals surface area contributed by atoms with Crippen LogP contribution >= 0.6 is 0 Å². The van der Waals surface area contributed by atoms with Crippen molar-refractivity contribution in [3.8, 4) is 5.75 Å². The summed E-state index contributed by atoms with van der Waals surface area (Å²) >= 11 is 0. The molecule has 9 nitrogen and oxygen atoms in total. The molecule has 1 aliphatic carbocycles. The minimum atomic E-state index is -0.878. The predicted molar refractivity (Wildman–Crippen MR) is 148 cm³/mol. The van der Waals surface area contributed by atoms with Gasteiger partial charge >= 0.3 is 0 Å². The lowest BCUT2D eigenvalue weighted by molar-refractivity contribution is -0.166. The zero-order chi connectivity index (χ0) is 27.6. The van der Waals surface area contributed by atoms with Gasteiger partial charge in [-0.1, -0.05) is 44.7 Å². The molecule has 0 aromatic heterocycles. The van der Waals surface area contributed by atoms with E-state index in [1.54, 1.807) is 11.8 Å². The summed E-state index contributed by atoms with van der Waals surface area (Å²) in [4.78, 5) is 45.8. The van der Waals surface area contributed by atoms with Crippen LogP contribution in [-0.2, 0) is 14.4 Å². The molecule has 1 aromatic carbocycles. The van der Waals surface area contributed by atoms with Gasteiger partial charge in [0.15, 0.2) is 0 Å². The molecule has 1 saturated carbocycles. The Hall–Kier alpha value is -2.65. The van der Waals surface area contributed by atoms with Crippen LogP contribution in [0.2, 0.25) is 0 Å². The van der Waals surface area contributed by atoms with Crippen LogP contribution in [0.3, 0.4) is 0 Å². The van der Waals surface area contributed by atoms with Crippen molar-refractivity contribution >= 4 is 23.4 Å². The first-order valence-corrected chi connectivity index (χ1v) is 14.9. The zero-order valence-corrected chi connectivity index (χ0v) is 23.4. The first kappa shape index (κ1) is 27.9. The number of nitrogens with one attached hydrogen (secondary N) is 1. The van der Waals surface area contributed by atoms with E-state index < -0.39 is 17.7 Å². The number of aliphatic hydroxyl groups excluding tert-OH is 1. The fraction of sp³-hybridized carbons (Fsp3) is 0.700. The molecule has 0 bridgehead atoms. The third-order valence-electron chi connectivity index (χ3n) is 9.33. The van der Waals surface area contributed by atoms with Gasteiger partial charge in [-0.2, -0.15) is 0 Å². The number of hydrogen-bond acceptors (Lipinski definition) is 6. The van der Waals surface area contributed by atoms with E-state index in [0.717, 1.165) is 44.2 Å². The van der Waals surface area contributed by atoms with Crippen molar-refractivity contribution in [3.05, 3.63) is 24.3 Å². The molecule has 3 heterocycles. The Labute approximate surface area is 231 Å². The van der Waals surface area contributed by atoms with Crippen LogP contribution in [0.25, 0.3) is 0 Å². The number of piperidine rings is 1. The van der Waals surface area contributed by atoms with Crippen molar-refractivity contribution < 1.29 is 24.2 Å². The number of rotatable bonds is 7. The molecule has 9 heteroatoms. The third-order valence-corrected chi connectivity index (χ3v) is 9.33. The quantitative estimate of drug-likeness (QED) is 0.552. The van der Waals surface area contributed by atoms with Gasteiger partial charge in [0.2, 0.25) is 17.7 Å². The van der Waals surface area contributed by atoms with Crippen LogP contribution in [0.5, 0.6) is 5.75 Å². The highest BCUT2D eigenvalue weighted by Crippen LogP contribution is 2.37. The van der Waals surface area contributed by atoms with Crippen molar-refractivity contribution in [2.24, 2.45) is 5.92 Å². The van der Waals surface area contributed by atoms with E-state index in [-0.39, 0.29) is 29.7 Å². The molecule has 39 heavy (non-hydrogen) atoms. The number of nitrogens with zero attached hydrogens (tertiary/aromatic N) is 3. The minimum Gasteiger partial charge on any atom is -0.485 e. The maximum atomic E-state index is 13.8. The van der Waals surface area contributed by atoms with Gasteiger partial charge in [0.05, 0.1) is 18.3 Å². The van der Waals surface area contributed by atoms with Gasteiger partial charge in [-0.05, 0) is 50.2 Å². The minimum absolute atomic E-state index is 0.0118. The van der Waals surface area contributed by atoms with E-state index in [9.17, 15) is 19.5 Å². The predicted octanol–water partition coefficient (Wildman–Crippen LogP) is 2.70. The van der Waals surface area contributed by atoms with Gasteiger partial charge < -0.3 is 25.0 Å². The molecule has 214 valence electrons. The molecule has 1 spiro atoms. The SMILES string of the molecule is CCCCN1C(=O)[C@@H]([C@H](O)C2CCCCC2)NC(=O)C12CCN(CC1CN(C(C)=O)c3ccccc3O1)CC2. The summed E-state index contributed by atoms with van der Waals surface area (Å²) < 4.78 is 6.26. The van der Waals surface area contributed by atoms with E-state index >= 15 is 0 Å². The second kappa shape index (κ2) is 11.8. The largest absolute Gasteiger partial charge is 0.485 e. The lowest BCUT2D eigenvalue weighted by Crippen LogP contribution is -2.75. The van der Waals surface area contributed by atoms with Gasteiger partial charge in [-0.15, -0.1) is 0 Å². The zero-order valence-electron chi connectivity index (χ0n) is 23.4. The summed E-state index contributed by atoms with van der Waals surface area (Å²) in [5.74, 6) is 0.514. The van der Waals surface area contributed by atoms with Crippen molar-refractivity contribution in [2.75, 3.05) is 37.6 Å². The first-order valence-electron chi connectivity index (χ1n) is 14.9. The van der Waals surface area contributed by atoms with Crippen molar-refractivity contribution in [1.82, 2.24) is 15.1 Å². The highest BCUT2D eigenvalue weighted by molar-refractivity contribution is 6.00. The number of unbranched alkanes of at least 4 members (excludes halogenated alkanes) is 1. The summed E-state index contributed by atoms with van der Waals surface area (Å²) in [5.41, 5.74) is -0.0791. The van der Waals surface area contributed by atoms with Crippen LogP contribution in [0.1, 0.15) is 71.6 Å². The summed E-state index contributed by atoms with van der Waals surface area (Å²) in [7, 11) is 0. The Balaban J connectivity index is 1.26. The van der Waals surface area contributed by atoms with E-state index in [4.69, 9.17) is 4.74 Å². The molecule has 3 fully saturated rings. The normalized spacial score (nSPS) is 26.6. The number of aliphatic hydroxyl groups is 1. The highest BCUT2D eigenvalue weighted by atomic mass is 16.5. The van der Waals surface area contributed by atoms with E-state index in [2.05, 4.69) is 17.1 Å². The molecule has 2 saturated heterocycles. The number of carbonyl (C=O) groups is 3. The van der Waals surface area contributed by atoms with Crippen LogP contribution in [-0.4, -0.2) is 89.1 Å². The third kappa shape index (κ3) is 5.53. The molecule has 3 atom stereocenters. The van der Waals surface area contributed by atoms with Gasteiger partial charge in [0.1, 0.15) is 23.4 Å². The van der Waals surface area contributed by atoms with E-state index in [1.165, 1.54) is 6.42 Å². The Bertz CT molecular complexity index is 1050. The lowest BCUT2D eigenvalue weighted by atomic mass is 9.78. The number of ether oxygens (including phenoxy) is 1. The fourth-order valence-corrected chi connectivity index (χ4v) is 7.04. The Morgan fingerprint density at radius 1 is 1.15 bits per heavy atom. The first-order chi connectivity index (χ1) is 18.8. The lowest BCUT2D eigenvalue weighted by Gasteiger charge is -2.53. The van der Waals surface area contributed by atoms with Crippen LogP contribution < -0.4 is 15.0 Å². The van der Waals surface area contributed by atoms with Gasteiger partial charge in [0.25, 0.3) is 0 Å². The van der Waals surface area contributed by atoms with Gasteiger partial charge in [0, 0.05) is 33.1 Å². The van der Waals surface area contributed by atoms with Crippen molar-refractivity contribution in [1.29, 1.82) is 0 Å². The number of likely N-dealkylation sites (tertiary alicyclic amines) is 1. The highest BCUT2D eigenvalue weighted by Gasteiger charge is 2.55. The van der Waals surface area contributed by atoms with Crippen LogP contribution in [0, 0.1) is 5.92 Å². The topological polar surface area (TPSA) is 102 Å². The number of benzene rings is 1. The Morgan fingerprint density at radius 2 is 1.87 bits per heavy atom. The van der Waals surface area contributed by atoms with Crippen molar-refractivity contribution in [2.45, 2.75) is 95.4 Å². The number of amides is 3. The molecule has 5 rings (SSSR count). The summed E-state index contributed by atoms with van der Waals surface area (Å²) in [6.07, 6.45) is 6.94. The molecule has 1 unspecified atom stereocenters. The van der Waals surface area contributed by atoms with Crippen LogP contribution in [0.4, 0.5) is 5.69 Å². The average Bonchev–Trinajstić information content (AvgIpc) is 2.95. The maximum absolute atomic E-state index is 13.8. The summed E-state index contributed by atoms with van der Waals surface area (Å²) in [6, 6.07) is 6.76. The van der Waals surface area contributed by atoms with Crippen LogP contribution in [0.15, 0.2) is 24.3 Å². The smallest absolute Gasteiger partial charge is 0.248 e. The van der Waals surface area contributed by atoms with Gasteiger partial charge in [-0.3, -0.25) is 19.3 Å². The molecule has 4 aliphatic rings. The van der Waals surface area contributed by atoms with Crippen molar-refractivity contribution in [3.63, 3.8) is 0 Å². The average molecular weight is 541 g/mol. The second-order valence-corrected chi connectivity index (χ2v) is 11.9. The molecule has 1 aromatic rings. The monoisotopic (exact) mass is 540 g/mol. The Kier molecular flexibility index (Phi) is 8.47. The maximum Gasteiger partial charge on any atom is 0.248 e. The molecule has 0 radical (unpaired) electrons. The summed E-state index contributed by atoms with van der Waals surface area (Å²) in [6.45, 7) is 6.63. The number of piperazine rings is 1. The number of anilines is 1. The molecule has 3 aliphatic heterocycles. The number of para-hydroxylation sites is 2. The molecular weight excluding hydrogens is 496 g/mol. The van der Waals surface area contributed by atoms with E-state index in [0.29, 0.717) is 51.3 Å². The Morgan fingerprint density at radius 3 is 2.56 bits per heavy atom. The number of hydrogen-bond donors (Lipinski definition) is 2.